The maximum Gasteiger partial charge on any atom is 0.306 e. The summed E-state index contributed by atoms with van der Waals surface area (Å²) in [5.41, 5.74) is 2.09. The van der Waals surface area contributed by atoms with E-state index < -0.39 is 11.6 Å². The van der Waals surface area contributed by atoms with Crippen molar-refractivity contribution in [3.8, 4) is 0 Å². The van der Waals surface area contributed by atoms with Gasteiger partial charge >= 0.3 is 5.97 Å². The van der Waals surface area contributed by atoms with Crippen molar-refractivity contribution < 1.29 is 14.6 Å². The topological polar surface area (TPSA) is 62.3 Å². The first-order valence-electron chi connectivity index (χ1n) is 7.84. The molecule has 4 nitrogen and oxygen atoms in total. The monoisotopic (exact) mass is 333 g/mol. The lowest BCUT2D eigenvalue weighted by Crippen LogP contribution is -2.37. The number of hydrogen-bond donors (Lipinski definition) is 2. The van der Waals surface area contributed by atoms with E-state index in [4.69, 9.17) is 16.3 Å². The summed E-state index contributed by atoms with van der Waals surface area (Å²) in [7, 11) is 0. The third-order valence-electron chi connectivity index (χ3n) is 4.45. The van der Waals surface area contributed by atoms with Crippen molar-refractivity contribution in [2.24, 2.45) is 0 Å². The second-order valence-corrected chi connectivity index (χ2v) is 6.32. The number of aromatic nitrogens is 1. The second kappa shape index (κ2) is 6.38. The van der Waals surface area contributed by atoms with Gasteiger partial charge in [-0.3, -0.25) is 4.79 Å². The Kier molecular flexibility index (Phi) is 4.46. The number of hydrogen-bond acceptors (Lipinski definition) is 2. The molecule has 1 unspecified atom stereocenters. The fraction of sp³-hybridized carbons (Fsp3) is 0.389. The first-order valence-corrected chi connectivity index (χ1v) is 8.21. The Morgan fingerprint density at radius 2 is 2.35 bits per heavy atom. The number of rotatable bonds is 5. The number of nitrogens with one attached hydrogen (secondary N) is 1. The first kappa shape index (κ1) is 16.1. The lowest BCUT2D eigenvalue weighted by atomic mass is 9.84. The molecule has 0 aliphatic carbocycles. The van der Waals surface area contributed by atoms with Gasteiger partial charge in [-0.2, -0.15) is 0 Å². The van der Waals surface area contributed by atoms with Gasteiger partial charge in [0.1, 0.15) is 5.60 Å². The van der Waals surface area contributed by atoms with Crippen LogP contribution in [0.4, 0.5) is 0 Å². The number of H-pyrrole nitrogens is 1. The van der Waals surface area contributed by atoms with Gasteiger partial charge < -0.3 is 14.8 Å². The molecule has 1 aliphatic rings. The molecule has 1 atom stereocenters. The molecule has 1 aliphatic heterocycles. The van der Waals surface area contributed by atoms with Crippen molar-refractivity contribution >= 4 is 28.5 Å². The molecule has 1 aromatic carbocycles. The van der Waals surface area contributed by atoms with Crippen LogP contribution in [0.2, 0.25) is 5.02 Å². The number of allylic oxidation sites excluding steroid dienone is 2. The Balaban J connectivity index is 2.14. The number of carbonyl (C=O) groups is 1. The number of fused-ring (bicyclic) bond motifs is 3. The highest BCUT2D eigenvalue weighted by Gasteiger charge is 2.41. The van der Waals surface area contributed by atoms with Crippen LogP contribution in [-0.4, -0.2) is 22.7 Å². The van der Waals surface area contributed by atoms with Crippen LogP contribution in [0.15, 0.2) is 30.4 Å². The summed E-state index contributed by atoms with van der Waals surface area (Å²) < 4.78 is 6.03. The number of aliphatic carboxylic acids is 1. The predicted molar refractivity (Wildman–Crippen MR) is 90.9 cm³/mol. The molecule has 2 aromatic rings. The zero-order chi connectivity index (χ0) is 16.4. The standard InChI is InChI=1S/C18H20ClNO3/c1-2-3-4-9-18(11-15(21)22)17-12(8-10-23-18)16-13(19)6-5-7-14(16)20-17/h2-3,5-7,20H,4,8-11H2,1H3,(H,21,22)/b3-2+. The van der Waals surface area contributed by atoms with Crippen LogP contribution in [0, 0.1) is 0 Å². The van der Waals surface area contributed by atoms with E-state index in [1.165, 1.54) is 0 Å². The van der Waals surface area contributed by atoms with Crippen LogP contribution in [0.25, 0.3) is 10.9 Å². The summed E-state index contributed by atoms with van der Waals surface area (Å²) in [5, 5.41) is 11.1. The summed E-state index contributed by atoms with van der Waals surface area (Å²) in [6, 6.07) is 5.73. The van der Waals surface area contributed by atoms with Crippen LogP contribution < -0.4 is 0 Å². The maximum absolute atomic E-state index is 11.5. The average Bonchev–Trinajstić information content (AvgIpc) is 2.88. The van der Waals surface area contributed by atoms with Gasteiger partial charge in [-0.15, -0.1) is 0 Å². The Bertz CT molecular complexity index is 765. The van der Waals surface area contributed by atoms with Crippen LogP contribution >= 0.6 is 11.6 Å². The number of aromatic amines is 1. The van der Waals surface area contributed by atoms with Gasteiger partial charge in [0.2, 0.25) is 0 Å². The van der Waals surface area contributed by atoms with Crippen molar-refractivity contribution in [2.75, 3.05) is 6.61 Å². The fourth-order valence-corrected chi connectivity index (χ4v) is 3.77. The van der Waals surface area contributed by atoms with Gasteiger partial charge in [0, 0.05) is 10.9 Å². The molecule has 2 N–H and O–H groups in total. The SMILES string of the molecule is C/C=C/CCC1(CC(=O)O)OCCc2c1[nH]c1cccc(Cl)c21. The molecule has 0 bridgehead atoms. The minimum Gasteiger partial charge on any atom is -0.481 e. The van der Waals surface area contributed by atoms with Crippen molar-refractivity contribution in [1.29, 1.82) is 0 Å². The van der Waals surface area contributed by atoms with Crippen LogP contribution in [0.1, 0.15) is 37.4 Å². The molecule has 0 saturated carbocycles. The molecule has 3 rings (SSSR count). The van der Waals surface area contributed by atoms with Gasteiger partial charge in [-0.25, -0.2) is 0 Å². The number of carboxylic acid groups (broad SMARTS) is 1. The van der Waals surface area contributed by atoms with Crippen molar-refractivity contribution in [1.82, 2.24) is 4.98 Å². The van der Waals surface area contributed by atoms with Gasteiger partial charge in [-0.05, 0) is 43.9 Å². The molecule has 0 saturated heterocycles. The molecule has 0 spiro atoms. The van der Waals surface area contributed by atoms with E-state index in [0.717, 1.165) is 35.0 Å². The number of carboxylic acids is 1. The molecule has 0 radical (unpaired) electrons. The van der Waals surface area contributed by atoms with E-state index in [1.54, 1.807) is 0 Å². The third kappa shape index (κ3) is 2.89. The van der Waals surface area contributed by atoms with Crippen LogP contribution in [0.3, 0.4) is 0 Å². The van der Waals surface area contributed by atoms with Crippen molar-refractivity contribution in [3.63, 3.8) is 0 Å². The molecule has 122 valence electrons. The molecule has 2 heterocycles. The van der Waals surface area contributed by atoms with E-state index in [2.05, 4.69) is 4.98 Å². The largest absolute Gasteiger partial charge is 0.481 e. The summed E-state index contributed by atoms with van der Waals surface area (Å²) in [6.45, 7) is 2.47. The average molecular weight is 334 g/mol. The molecule has 5 heteroatoms. The van der Waals surface area contributed by atoms with Gasteiger partial charge in [-0.1, -0.05) is 29.8 Å². The lowest BCUT2D eigenvalue weighted by molar-refractivity contribution is -0.149. The second-order valence-electron chi connectivity index (χ2n) is 5.91. The minimum atomic E-state index is -0.858. The number of benzene rings is 1. The smallest absolute Gasteiger partial charge is 0.306 e. The normalized spacial score (nSPS) is 21.0. The molecule has 1 aromatic heterocycles. The lowest BCUT2D eigenvalue weighted by Gasteiger charge is -2.36. The van der Waals surface area contributed by atoms with Crippen LogP contribution in [0.5, 0.6) is 0 Å². The fourth-order valence-electron chi connectivity index (χ4n) is 3.48. The molecular formula is C18H20ClNO3. The van der Waals surface area contributed by atoms with Crippen molar-refractivity contribution in [3.05, 3.63) is 46.6 Å². The Labute approximate surface area is 140 Å². The molecule has 23 heavy (non-hydrogen) atoms. The van der Waals surface area contributed by atoms with E-state index in [1.807, 2.05) is 37.3 Å². The number of ether oxygens (including phenoxy) is 1. The zero-order valence-corrected chi connectivity index (χ0v) is 13.8. The van der Waals surface area contributed by atoms with E-state index in [-0.39, 0.29) is 6.42 Å². The first-order chi connectivity index (χ1) is 11.1. The minimum absolute atomic E-state index is 0.0536. The summed E-state index contributed by atoms with van der Waals surface area (Å²) in [4.78, 5) is 14.8. The summed E-state index contributed by atoms with van der Waals surface area (Å²) >= 11 is 6.37. The summed E-state index contributed by atoms with van der Waals surface area (Å²) in [5.74, 6) is -0.858. The van der Waals surface area contributed by atoms with Gasteiger partial charge in [0.05, 0.1) is 23.7 Å². The van der Waals surface area contributed by atoms with Crippen LogP contribution in [-0.2, 0) is 21.6 Å². The highest BCUT2D eigenvalue weighted by molar-refractivity contribution is 6.35. The van der Waals surface area contributed by atoms with Gasteiger partial charge in [0.25, 0.3) is 0 Å². The van der Waals surface area contributed by atoms with E-state index >= 15 is 0 Å². The summed E-state index contributed by atoms with van der Waals surface area (Å²) in [6.07, 6.45) is 6.09. The van der Waals surface area contributed by atoms with Gasteiger partial charge in [0.15, 0.2) is 0 Å². The highest BCUT2D eigenvalue weighted by atomic mass is 35.5. The predicted octanol–water partition coefficient (Wildman–Crippen LogP) is 4.42. The maximum atomic E-state index is 11.5. The van der Waals surface area contributed by atoms with E-state index in [9.17, 15) is 9.90 Å². The third-order valence-corrected chi connectivity index (χ3v) is 4.77. The molecular weight excluding hydrogens is 314 g/mol. The zero-order valence-electron chi connectivity index (χ0n) is 13.1. The number of halogens is 1. The van der Waals surface area contributed by atoms with Crippen molar-refractivity contribution in [2.45, 2.75) is 38.2 Å². The molecule has 0 fully saturated rings. The highest BCUT2D eigenvalue weighted by Crippen LogP contribution is 2.43. The Morgan fingerprint density at radius 1 is 1.52 bits per heavy atom. The molecule has 0 amide bonds. The van der Waals surface area contributed by atoms with E-state index in [0.29, 0.717) is 18.1 Å². The quantitative estimate of drug-likeness (QED) is 0.796. The Hall–Kier alpha value is -1.78. The Morgan fingerprint density at radius 3 is 3.09 bits per heavy atom.